The molecule has 1 spiro atoms. The maximum atomic E-state index is 15.2. The van der Waals surface area contributed by atoms with Crippen molar-refractivity contribution >= 4 is 11.6 Å². The molecule has 7 heteroatoms. The number of amides is 1. The maximum absolute atomic E-state index is 15.2. The van der Waals surface area contributed by atoms with E-state index >= 15 is 4.39 Å². The van der Waals surface area contributed by atoms with Crippen LogP contribution < -0.4 is 4.90 Å². The summed E-state index contributed by atoms with van der Waals surface area (Å²) in [4.78, 5) is 20.5. The molecule has 3 aliphatic heterocycles. The zero-order valence-electron chi connectivity index (χ0n) is 19.0. The van der Waals surface area contributed by atoms with Crippen LogP contribution in [0.1, 0.15) is 24.0 Å². The number of aromatic nitrogens is 2. The molecule has 0 bridgehead atoms. The van der Waals surface area contributed by atoms with E-state index in [0.717, 1.165) is 54.9 Å². The number of aryl methyl sites for hydroxylation is 1. The minimum atomic E-state index is -0.599. The number of nitrogens with zero attached hydrogens (tertiary/aromatic N) is 5. The molecule has 0 aliphatic carbocycles. The van der Waals surface area contributed by atoms with Crippen molar-refractivity contribution in [3.05, 3.63) is 71.8 Å². The first-order chi connectivity index (χ1) is 16.0. The van der Waals surface area contributed by atoms with Crippen molar-refractivity contribution < 1.29 is 9.18 Å². The average Bonchev–Trinajstić information content (AvgIpc) is 3.47. The van der Waals surface area contributed by atoms with Gasteiger partial charge >= 0.3 is 0 Å². The van der Waals surface area contributed by atoms with E-state index in [9.17, 15) is 4.79 Å². The maximum Gasteiger partial charge on any atom is 0.252 e. The SMILES string of the molecule is CN1CCC(N2CCC23C(=O)N(Cc2ccc(-c4cnn(C)c4)cc2F)c2ccccc23)C1. The number of hydrogen-bond acceptors (Lipinski definition) is 4. The molecule has 6 rings (SSSR count). The topological polar surface area (TPSA) is 44.6 Å². The molecule has 1 aromatic heterocycles. The van der Waals surface area contributed by atoms with Gasteiger partial charge in [-0.05, 0) is 44.1 Å². The lowest BCUT2D eigenvalue weighted by molar-refractivity contribution is -0.143. The highest BCUT2D eigenvalue weighted by molar-refractivity contribution is 6.08. The second-order valence-electron chi connectivity index (χ2n) is 9.63. The molecule has 2 saturated heterocycles. The van der Waals surface area contributed by atoms with Crippen LogP contribution in [0.3, 0.4) is 0 Å². The van der Waals surface area contributed by atoms with Crippen LogP contribution in [0.5, 0.6) is 0 Å². The van der Waals surface area contributed by atoms with Crippen LogP contribution in [0.2, 0.25) is 0 Å². The van der Waals surface area contributed by atoms with Gasteiger partial charge in [0.2, 0.25) is 0 Å². The fourth-order valence-corrected chi connectivity index (χ4v) is 5.90. The van der Waals surface area contributed by atoms with Gasteiger partial charge in [-0.3, -0.25) is 14.4 Å². The molecule has 2 fully saturated rings. The van der Waals surface area contributed by atoms with Crippen LogP contribution in [0.15, 0.2) is 54.9 Å². The quantitative estimate of drug-likeness (QED) is 0.618. The van der Waals surface area contributed by atoms with E-state index < -0.39 is 5.54 Å². The number of likely N-dealkylation sites (tertiary alicyclic amines) is 2. The van der Waals surface area contributed by atoms with Crippen molar-refractivity contribution in [1.29, 1.82) is 0 Å². The highest BCUT2D eigenvalue weighted by Crippen LogP contribution is 2.53. The van der Waals surface area contributed by atoms with Gasteiger partial charge in [-0.15, -0.1) is 0 Å². The number of fused-ring (bicyclic) bond motifs is 2. The molecule has 2 aromatic carbocycles. The Hall–Kier alpha value is -3.03. The van der Waals surface area contributed by atoms with Crippen LogP contribution in [-0.4, -0.2) is 58.2 Å². The zero-order valence-corrected chi connectivity index (χ0v) is 19.0. The standard InChI is InChI=1S/C26H28FN5O/c1-29-11-9-21(17-29)32-12-10-26(32)22-5-3-4-6-24(22)31(25(26)33)16-19-8-7-18(13-23(19)27)20-14-28-30(2)15-20/h3-8,13-15,21H,9-12,16-17H2,1-2H3. The average molecular weight is 446 g/mol. The van der Waals surface area contributed by atoms with E-state index in [1.54, 1.807) is 27.9 Å². The summed E-state index contributed by atoms with van der Waals surface area (Å²) in [6.45, 7) is 3.21. The third-order valence-corrected chi connectivity index (χ3v) is 7.67. The summed E-state index contributed by atoms with van der Waals surface area (Å²) in [5.41, 5.74) is 3.56. The molecule has 1 amide bonds. The van der Waals surface area contributed by atoms with E-state index in [1.807, 2.05) is 37.5 Å². The van der Waals surface area contributed by atoms with Crippen LogP contribution in [-0.2, 0) is 23.9 Å². The number of halogens is 1. The van der Waals surface area contributed by atoms with Gasteiger partial charge in [0.15, 0.2) is 0 Å². The molecular weight excluding hydrogens is 417 g/mol. The molecule has 2 unspecified atom stereocenters. The van der Waals surface area contributed by atoms with Gasteiger partial charge in [-0.1, -0.05) is 30.3 Å². The summed E-state index contributed by atoms with van der Waals surface area (Å²) in [6, 6.07) is 13.7. The number of hydrogen-bond donors (Lipinski definition) is 0. The molecule has 2 atom stereocenters. The van der Waals surface area contributed by atoms with E-state index in [4.69, 9.17) is 0 Å². The highest BCUT2D eigenvalue weighted by atomic mass is 19.1. The molecule has 3 aromatic rings. The second-order valence-corrected chi connectivity index (χ2v) is 9.63. The van der Waals surface area contributed by atoms with Gasteiger partial charge < -0.3 is 9.80 Å². The molecular formula is C26H28FN5O. The van der Waals surface area contributed by atoms with E-state index in [0.29, 0.717) is 11.6 Å². The Morgan fingerprint density at radius 2 is 1.97 bits per heavy atom. The van der Waals surface area contributed by atoms with Gasteiger partial charge in [0, 0.05) is 54.8 Å². The molecule has 6 nitrogen and oxygen atoms in total. The molecule has 0 radical (unpaired) electrons. The summed E-state index contributed by atoms with van der Waals surface area (Å²) in [7, 11) is 3.98. The van der Waals surface area contributed by atoms with Gasteiger partial charge in [0.05, 0.1) is 12.7 Å². The summed E-state index contributed by atoms with van der Waals surface area (Å²) in [6.07, 6.45) is 5.49. The fraction of sp³-hybridized carbons (Fsp3) is 0.385. The first kappa shape index (κ1) is 20.6. The Morgan fingerprint density at radius 1 is 1.12 bits per heavy atom. The molecule has 4 heterocycles. The summed E-state index contributed by atoms with van der Waals surface area (Å²) >= 11 is 0. The van der Waals surface area contributed by atoms with Crippen molar-refractivity contribution in [2.24, 2.45) is 7.05 Å². The number of para-hydroxylation sites is 1. The van der Waals surface area contributed by atoms with Gasteiger partial charge in [0.1, 0.15) is 11.4 Å². The van der Waals surface area contributed by atoms with Crippen molar-refractivity contribution in [1.82, 2.24) is 19.6 Å². The lowest BCUT2D eigenvalue weighted by atomic mass is 9.77. The minimum Gasteiger partial charge on any atom is -0.306 e. The van der Waals surface area contributed by atoms with Crippen LogP contribution in [0.25, 0.3) is 11.1 Å². The van der Waals surface area contributed by atoms with Crippen LogP contribution in [0, 0.1) is 5.82 Å². The summed E-state index contributed by atoms with van der Waals surface area (Å²) in [5, 5.41) is 4.17. The van der Waals surface area contributed by atoms with Gasteiger partial charge in [0.25, 0.3) is 5.91 Å². The number of benzene rings is 2. The normalized spacial score (nSPS) is 25.1. The molecule has 33 heavy (non-hydrogen) atoms. The van der Waals surface area contributed by atoms with Crippen molar-refractivity contribution in [2.45, 2.75) is 31.0 Å². The predicted molar refractivity (Wildman–Crippen MR) is 125 cm³/mol. The smallest absolute Gasteiger partial charge is 0.252 e. The van der Waals surface area contributed by atoms with Gasteiger partial charge in [-0.25, -0.2) is 4.39 Å². The van der Waals surface area contributed by atoms with Crippen molar-refractivity contribution in [3.8, 4) is 11.1 Å². The number of carbonyl (C=O) groups is 1. The Balaban J connectivity index is 1.32. The van der Waals surface area contributed by atoms with Crippen LogP contribution >= 0.6 is 0 Å². The fourth-order valence-electron chi connectivity index (χ4n) is 5.90. The number of likely N-dealkylation sites (N-methyl/N-ethyl adjacent to an activating group) is 1. The monoisotopic (exact) mass is 445 g/mol. The minimum absolute atomic E-state index is 0.0836. The Kier molecular flexibility index (Phi) is 4.67. The summed E-state index contributed by atoms with van der Waals surface area (Å²) < 4.78 is 16.9. The van der Waals surface area contributed by atoms with Crippen molar-refractivity contribution in [2.75, 3.05) is 31.6 Å². The third kappa shape index (κ3) is 3.06. The molecule has 0 N–H and O–H groups in total. The molecule has 0 saturated carbocycles. The predicted octanol–water partition coefficient (Wildman–Crippen LogP) is 3.38. The second kappa shape index (κ2) is 7.50. The highest BCUT2D eigenvalue weighted by Gasteiger charge is 2.61. The lowest BCUT2D eigenvalue weighted by Crippen LogP contribution is -2.65. The Bertz CT molecular complexity index is 1240. The zero-order chi connectivity index (χ0) is 22.7. The Morgan fingerprint density at radius 3 is 2.64 bits per heavy atom. The number of rotatable bonds is 4. The first-order valence-corrected chi connectivity index (χ1v) is 11.6. The van der Waals surface area contributed by atoms with E-state index in [1.165, 1.54) is 0 Å². The Labute approximate surface area is 193 Å². The van der Waals surface area contributed by atoms with E-state index in [2.05, 4.69) is 28.0 Å². The van der Waals surface area contributed by atoms with E-state index in [-0.39, 0.29) is 18.3 Å². The third-order valence-electron chi connectivity index (χ3n) is 7.67. The molecule has 170 valence electrons. The van der Waals surface area contributed by atoms with Crippen LogP contribution in [0.4, 0.5) is 10.1 Å². The number of anilines is 1. The summed E-state index contributed by atoms with van der Waals surface area (Å²) in [5.74, 6) is -0.217. The number of carbonyl (C=O) groups excluding carboxylic acids is 1. The largest absolute Gasteiger partial charge is 0.306 e. The molecule has 3 aliphatic rings. The first-order valence-electron chi connectivity index (χ1n) is 11.6. The van der Waals surface area contributed by atoms with Gasteiger partial charge in [-0.2, -0.15) is 5.10 Å². The lowest BCUT2D eigenvalue weighted by Gasteiger charge is -2.52. The van der Waals surface area contributed by atoms with Crippen molar-refractivity contribution in [3.63, 3.8) is 0 Å².